The minimum Gasteiger partial charge on any atom is -0.280 e. The van der Waals surface area contributed by atoms with Crippen molar-refractivity contribution in [2.24, 2.45) is 0 Å². The molecule has 0 aliphatic rings. The first-order chi connectivity index (χ1) is 10.3. The van der Waals surface area contributed by atoms with Gasteiger partial charge in [0.15, 0.2) is 0 Å². The Morgan fingerprint density at radius 3 is 2.71 bits per heavy atom. The predicted octanol–water partition coefficient (Wildman–Crippen LogP) is 4.30. The van der Waals surface area contributed by atoms with Crippen LogP contribution in [0.2, 0.25) is 0 Å². The third-order valence-electron chi connectivity index (χ3n) is 3.94. The second kappa shape index (κ2) is 4.55. The van der Waals surface area contributed by atoms with Crippen LogP contribution in [0.1, 0.15) is 24.7 Å². The van der Waals surface area contributed by atoms with Gasteiger partial charge >= 0.3 is 0 Å². The molecule has 3 nitrogen and oxygen atoms in total. The molecular formula is C18H17N3. The van der Waals surface area contributed by atoms with E-state index >= 15 is 0 Å². The number of fused-ring (bicyclic) bond motifs is 5. The lowest BCUT2D eigenvalue weighted by molar-refractivity contribution is 0.829. The van der Waals surface area contributed by atoms with Crippen molar-refractivity contribution in [3.8, 4) is 0 Å². The molecule has 0 unspecified atom stereocenters. The molecule has 0 N–H and O–H groups in total. The van der Waals surface area contributed by atoms with Gasteiger partial charge in [0.1, 0.15) is 11.5 Å². The molecule has 0 fully saturated rings. The van der Waals surface area contributed by atoms with E-state index in [4.69, 9.17) is 9.97 Å². The van der Waals surface area contributed by atoms with Crippen molar-refractivity contribution < 1.29 is 0 Å². The van der Waals surface area contributed by atoms with E-state index in [1.807, 2.05) is 6.07 Å². The molecular weight excluding hydrogens is 258 g/mol. The monoisotopic (exact) mass is 275 g/mol. The summed E-state index contributed by atoms with van der Waals surface area (Å²) in [5.41, 5.74) is 5.47. The Morgan fingerprint density at radius 2 is 1.86 bits per heavy atom. The van der Waals surface area contributed by atoms with E-state index in [0.717, 1.165) is 46.2 Å². The first kappa shape index (κ1) is 12.3. The highest BCUT2D eigenvalue weighted by molar-refractivity contribution is 5.96. The summed E-state index contributed by atoms with van der Waals surface area (Å²) in [5, 5.41) is 1.12. The summed E-state index contributed by atoms with van der Waals surface area (Å²) in [6.07, 6.45) is 2.03. The zero-order chi connectivity index (χ0) is 14.4. The number of imidazole rings is 1. The minimum atomic E-state index is 0.959. The third-order valence-corrected chi connectivity index (χ3v) is 3.94. The lowest BCUT2D eigenvalue weighted by atomic mass is 10.1. The van der Waals surface area contributed by atoms with Gasteiger partial charge in [-0.3, -0.25) is 4.40 Å². The van der Waals surface area contributed by atoms with Crippen LogP contribution in [0.3, 0.4) is 0 Å². The molecule has 2 aromatic carbocycles. The molecule has 4 rings (SSSR count). The van der Waals surface area contributed by atoms with Crippen LogP contribution >= 0.6 is 0 Å². The average Bonchev–Trinajstić information content (AvgIpc) is 2.87. The number of hydrogen-bond donors (Lipinski definition) is 0. The fraction of sp³-hybridized carbons (Fsp3) is 0.222. The molecule has 0 spiro atoms. The summed E-state index contributed by atoms with van der Waals surface area (Å²) < 4.78 is 2.22. The molecule has 3 heteroatoms. The predicted molar refractivity (Wildman–Crippen MR) is 86.7 cm³/mol. The van der Waals surface area contributed by atoms with Gasteiger partial charge in [0.2, 0.25) is 0 Å². The summed E-state index contributed by atoms with van der Waals surface area (Å²) in [5.74, 6) is 1.10. The standard InChI is InChI=1S/C18H17N3/c1-3-6-17-19-15-11-12(2)9-10-13(15)18-20-14-7-4-5-8-16(14)21(17)18/h4-5,7-11H,3,6H2,1-2H3. The first-order valence-electron chi connectivity index (χ1n) is 7.44. The topological polar surface area (TPSA) is 30.2 Å². The first-order valence-corrected chi connectivity index (χ1v) is 7.44. The van der Waals surface area contributed by atoms with Crippen LogP contribution in [0, 0.1) is 6.92 Å². The zero-order valence-corrected chi connectivity index (χ0v) is 12.3. The van der Waals surface area contributed by atoms with Crippen molar-refractivity contribution in [2.75, 3.05) is 0 Å². The molecule has 0 aliphatic heterocycles. The number of benzene rings is 2. The second-order valence-electron chi connectivity index (χ2n) is 5.56. The largest absolute Gasteiger partial charge is 0.280 e. The highest BCUT2D eigenvalue weighted by Crippen LogP contribution is 2.25. The molecule has 0 aliphatic carbocycles. The van der Waals surface area contributed by atoms with Gasteiger partial charge in [-0.15, -0.1) is 0 Å². The van der Waals surface area contributed by atoms with Crippen molar-refractivity contribution in [2.45, 2.75) is 26.7 Å². The highest BCUT2D eigenvalue weighted by atomic mass is 15.1. The van der Waals surface area contributed by atoms with Crippen molar-refractivity contribution in [3.63, 3.8) is 0 Å². The Labute approximate surface area is 123 Å². The summed E-state index contributed by atoms with van der Waals surface area (Å²) in [6, 6.07) is 14.7. The smallest absolute Gasteiger partial charge is 0.148 e. The van der Waals surface area contributed by atoms with Crippen LogP contribution in [0.25, 0.3) is 27.6 Å². The summed E-state index contributed by atoms with van der Waals surface area (Å²) in [7, 11) is 0. The Bertz CT molecular complexity index is 966. The van der Waals surface area contributed by atoms with Crippen LogP contribution < -0.4 is 0 Å². The van der Waals surface area contributed by atoms with E-state index < -0.39 is 0 Å². The maximum absolute atomic E-state index is 4.90. The van der Waals surface area contributed by atoms with Crippen molar-refractivity contribution in [3.05, 3.63) is 53.9 Å². The van der Waals surface area contributed by atoms with Gasteiger partial charge in [-0.2, -0.15) is 0 Å². The van der Waals surface area contributed by atoms with E-state index in [1.165, 1.54) is 5.56 Å². The summed E-state index contributed by atoms with van der Waals surface area (Å²) >= 11 is 0. The number of aryl methyl sites for hydroxylation is 2. The number of rotatable bonds is 2. The van der Waals surface area contributed by atoms with Gasteiger partial charge < -0.3 is 0 Å². The lowest BCUT2D eigenvalue weighted by Gasteiger charge is -2.08. The van der Waals surface area contributed by atoms with E-state index in [0.29, 0.717) is 0 Å². The van der Waals surface area contributed by atoms with Crippen molar-refractivity contribution in [1.29, 1.82) is 0 Å². The molecule has 0 amide bonds. The van der Waals surface area contributed by atoms with Crippen molar-refractivity contribution >= 4 is 27.6 Å². The lowest BCUT2D eigenvalue weighted by Crippen LogP contribution is -2.02. The quantitative estimate of drug-likeness (QED) is 0.546. The Balaban J connectivity index is 2.24. The maximum Gasteiger partial charge on any atom is 0.148 e. The van der Waals surface area contributed by atoms with E-state index in [1.54, 1.807) is 0 Å². The molecule has 0 radical (unpaired) electrons. The second-order valence-corrected chi connectivity index (χ2v) is 5.56. The third kappa shape index (κ3) is 1.81. The van der Waals surface area contributed by atoms with Gasteiger partial charge in [-0.25, -0.2) is 9.97 Å². The summed E-state index contributed by atoms with van der Waals surface area (Å²) in [4.78, 5) is 9.74. The zero-order valence-electron chi connectivity index (χ0n) is 12.3. The van der Waals surface area contributed by atoms with Crippen LogP contribution in [-0.4, -0.2) is 14.4 Å². The molecule has 0 saturated heterocycles. The van der Waals surface area contributed by atoms with E-state index in [9.17, 15) is 0 Å². The molecule has 2 heterocycles. The van der Waals surface area contributed by atoms with Gasteiger partial charge in [0.05, 0.1) is 16.6 Å². The maximum atomic E-state index is 4.90. The number of aromatic nitrogens is 3. The van der Waals surface area contributed by atoms with E-state index in [-0.39, 0.29) is 0 Å². The molecule has 0 saturated carbocycles. The molecule has 0 atom stereocenters. The van der Waals surface area contributed by atoms with Crippen LogP contribution in [0.5, 0.6) is 0 Å². The number of nitrogens with zero attached hydrogens (tertiary/aromatic N) is 3. The Morgan fingerprint density at radius 1 is 1.00 bits per heavy atom. The molecule has 104 valence electrons. The molecule has 21 heavy (non-hydrogen) atoms. The van der Waals surface area contributed by atoms with Crippen LogP contribution in [0.4, 0.5) is 0 Å². The normalized spacial score (nSPS) is 11.7. The van der Waals surface area contributed by atoms with Crippen molar-refractivity contribution in [1.82, 2.24) is 14.4 Å². The fourth-order valence-corrected chi connectivity index (χ4v) is 2.97. The number of hydrogen-bond acceptors (Lipinski definition) is 2. The SMILES string of the molecule is CCCc1nc2cc(C)ccc2c2nc3ccccc3n12. The fourth-order valence-electron chi connectivity index (χ4n) is 2.97. The number of para-hydroxylation sites is 2. The molecule has 2 aromatic heterocycles. The van der Waals surface area contributed by atoms with Gasteiger partial charge in [0, 0.05) is 11.8 Å². The van der Waals surface area contributed by atoms with Gasteiger partial charge in [-0.1, -0.05) is 25.1 Å². The Hall–Kier alpha value is -2.42. The Kier molecular flexibility index (Phi) is 2.67. The van der Waals surface area contributed by atoms with Gasteiger partial charge in [-0.05, 0) is 43.2 Å². The minimum absolute atomic E-state index is 0.959. The van der Waals surface area contributed by atoms with Crippen LogP contribution in [0.15, 0.2) is 42.5 Å². The highest BCUT2D eigenvalue weighted by Gasteiger charge is 2.13. The summed E-state index contributed by atoms with van der Waals surface area (Å²) in [6.45, 7) is 4.29. The average molecular weight is 275 g/mol. The molecule has 0 bridgehead atoms. The van der Waals surface area contributed by atoms with E-state index in [2.05, 4.69) is 54.6 Å². The van der Waals surface area contributed by atoms with Gasteiger partial charge in [0.25, 0.3) is 0 Å². The molecule has 4 aromatic rings. The van der Waals surface area contributed by atoms with Crippen LogP contribution in [-0.2, 0) is 6.42 Å².